The second kappa shape index (κ2) is 8.96. The van der Waals surface area contributed by atoms with E-state index in [0.717, 1.165) is 29.7 Å². The summed E-state index contributed by atoms with van der Waals surface area (Å²) in [7, 11) is -2.04. The van der Waals surface area contributed by atoms with E-state index in [-0.39, 0.29) is 44.5 Å². The summed E-state index contributed by atoms with van der Waals surface area (Å²) >= 11 is 0. The third-order valence-electron chi connectivity index (χ3n) is 7.57. The first-order valence-electron chi connectivity index (χ1n) is 11.9. The van der Waals surface area contributed by atoms with E-state index in [1.165, 1.54) is 9.21 Å². The molecule has 4 amide bonds. The van der Waals surface area contributed by atoms with Crippen LogP contribution in [0.3, 0.4) is 0 Å². The van der Waals surface area contributed by atoms with Gasteiger partial charge in [0.15, 0.2) is 0 Å². The first-order valence-corrected chi connectivity index (χ1v) is 13.4. The number of likely N-dealkylation sites (N-methyl/N-ethyl adjacent to an activating group) is 1. The zero-order chi connectivity index (χ0) is 24.8. The molecule has 0 unspecified atom stereocenters. The minimum Gasteiger partial charge on any atom is -0.338 e. The second-order valence-corrected chi connectivity index (χ2v) is 11.7. The lowest BCUT2D eigenvalue weighted by molar-refractivity contribution is -0.141. The molecular formula is C24H34N4O5S. The fraction of sp³-hybridized carbons (Fsp3) is 0.625. The Morgan fingerprint density at radius 3 is 2.06 bits per heavy atom. The molecule has 0 N–H and O–H groups in total. The van der Waals surface area contributed by atoms with Gasteiger partial charge in [0.1, 0.15) is 12.1 Å². The van der Waals surface area contributed by atoms with Gasteiger partial charge in [-0.1, -0.05) is 37.0 Å². The van der Waals surface area contributed by atoms with Gasteiger partial charge in [-0.3, -0.25) is 14.5 Å². The van der Waals surface area contributed by atoms with E-state index in [9.17, 15) is 22.8 Å². The van der Waals surface area contributed by atoms with Crippen LogP contribution >= 0.6 is 0 Å². The average Bonchev–Trinajstić information content (AvgIpc) is 2.95. The SMILES string of the molecule is Cc1cc(C)c(S(=O)(=O)N2CCN(C(=O)CN3C(=O)N(C)C4(CCCCC4)C3=O)CC2)c(C)c1. The molecule has 1 aromatic carbocycles. The van der Waals surface area contributed by atoms with Crippen LogP contribution in [0.5, 0.6) is 0 Å². The maximum absolute atomic E-state index is 13.3. The number of sulfonamides is 1. The third kappa shape index (κ3) is 4.00. The molecule has 2 heterocycles. The van der Waals surface area contributed by atoms with Crippen molar-refractivity contribution in [3.8, 4) is 0 Å². The van der Waals surface area contributed by atoms with Crippen LogP contribution in [-0.4, -0.2) is 90.6 Å². The molecule has 0 atom stereocenters. The van der Waals surface area contributed by atoms with E-state index >= 15 is 0 Å². The summed E-state index contributed by atoms with van der Waals surface area (Å²) in [5, 5.41) is 0. The molecule has 0 aromatic heterocycles. The van der Waals surface area contributed by atoms with Gasteiger partial charge in [0.2, 0.25) is 15.9 Å². The van der Waals surface area contributed by atoms with Crippen molar-refractivity contribution in [2.75, 3.05) is 39.8 Å². The Kier molecular flexibility index (Phi) is 6.50. The maximum atomic E-state index is 13.3. The molecule has 0 radical (unpaired) electrons. The molecule has 9 nitrogen and oxygen atoms in total. The molecule has 3 fully saturated rings. The smallest absolute Gasteiger partial charge is 0.327 e. The zero-order valence-electron chi connectivity index (χ0n) is 20.5. The second-order valence-electron chi connectivity index (χ2n) is 9.84. The fourth-order valence-corrected chi connectivity index (χ4v) is 7.62. The predicted octanol–water partition coefficient (Wildman–Crippen LogP) is 2.04. The van der Waals surface area contributed by atoms with Crippen molar-refractivity contribution in [2.45, 2.75) is 63.3 Å². The Bertz CT molecular complexity index is 1100. The highest BCUT2D eigenvalue weighted by Gasteiger charge is 2.56. The summed E-state index contributed by atoms with van der Waals surface area (Å²) in [5.74, 6) is -0.609. The highest BCUT2D eigenvalue weighted by molar-refractivity contribution is 7.89. The predicted molar refractivity (Wildman–Crippen MR) is 127 cm³/mol. The van der Waals surface area contributed by atoms with Crippen LogP contribution in [0.2, 0.25) is 0 Å². The number of rotatable bonds is 4. The van der Waals surface area contributed by atoms with E-state index in [1.54, 1.807) is 25.8 Å². The topological polar surface area (TPSA) is 98.3 Å². The summed E-state index contributed by atoms with van der Waals surface area (Å²) in [6.07, 6.45) is 4.09. The largest absolute Gasteiger partial charge is 0.338 e. The molecule has 2 saturated heterocycles. The molecule has 1 aliphatic carbocycles. The fourth-order valence-electron chi connectivity index (χ4n) is 5.79. The molecule has 34 heavy (non-hydrogen) atoms. The maximum Gasteiger partial charge on any atom is 0.327 e. The molecule has 2 aliphatic heterocycles. The van der Waals surface area contributed by atoms with Gasteiger partial charge in [0.05, 0.1) is 4.90 Å². The Labute approximate surface area is 201 Å². The summed E-state index contributed by atoms with van der Waals surface area (Å²) in [6, 6.07) is 3.30. The third-order valence-corrected chi connectivity index (χ3v) is 9.78. The number of aryl methyl sites for hydroxylation is 3. The minimum atomic E-state index is -3.69. The Morgan fingerprint density at radius 1 is 0.941 bits per heavy atom. The molecule has 4 rings (SSSR count). The summed E-state index contributed by atoms with van der Waals surface area (Å²) in [6.45, 7) is 6.02. The van der Waals surface area contributed by atoms with Gasteiger partial charge in [0.25, 0.3) is 5.91 Å². The lowest BCUT2D eigenvalue weighted by Crippen LogP contribution is -2.53. The van der Waals surface area contributed by atoms with Crippen LogP contribution in [-0.2, 0) is 19.6 Å². The number of nitrogens with zero attached hydrogens (tertiary/aromatic N) is 4. The van der Waals surface area contributed by atoms with Gasteiger partial charge < -0.3 is 9.80 Å². The molecule has 3 aliphatic rings. The molecular weight excluding hydrogens is 456 g/mol. The van der Waals surface area contributed by atoms with Crippen LogP contribution in [0.25, 0.3) is 0 Å². The van der Waals surface area contributed by atoms with Crippen molar-refractivity contribution in [2.24, 2.45) is 0 Å². The van der Waals surface area contributed by atoms with Crippen molar-refractivity contribution in [1.29, 1.82) is 0 Å². The number of urea groups is 1. The number of carbonyl (C=O) groups excluding carboxylic acids is 3. The summed E-state index contributed by atoms with van der Waals surface area (Å²) in [5.41, 5.74) is 1.62. The van der Waals surface area contributed by atoms with Gasteiger partial charge in [-0.25, -0.2) is 13.2 Å². The van der Waals surface area contributed by atoms with Gasteiger partial charge in [-0.05, 0) is 44.7 Å². The zero-order valence-corrected chi connectivity index (χ0v) is 21.3. The number of hydrogen-bond donors (Lipinski definition) is 0. The first-order chi connectivity index (χ1) is 16.0. The van der Waals surface area contributed by atoms with Gasteiger partial charge in [-0.15, -0.1) is 0 Å². The summed E-state index contributed by atoms with van der Waals surface area (Å²) < 4.78 is 28.0. The van der Waals surface area contributed by atoms with Crippen LogP contribution in [0.4, 0.5) is 4.79 Å². The molecule has 10 heteroatoms. The number of amides is 4. The summed E-state index contributed by atoms with van der Waals surface area (Å²) in [4.78, 5) is 43.4. The van der Waals surface area contributed by atoms with E-state index in [1.807, 2.05) is 19.1 Å². The van der Waals surface area contributed by atoms with E-state index in [4.69, 9.17) is 0 Å². The van der Waals surface area contributed by atoms with Crippen molar-refractivity contribution >= 4 is 27.9 Å². The van der Waals surface area contributed by atoms with Crippen LogP contribution in [0.1, 0.15) is 48.8 Å². The van der Waals surface area contributed by atoms with Gasteiger partial charge in [-0.2, -0.15) is 4.31 Å². The number of imide groups is 1. The average molecular weight is 491 g/mol. The number of hydrogen-bond acceptors (Lipinski definition) is 5. The molecule has 1 saturated carbocycles. The van der Waals surface area contributed by atoms with E-state index in [0.29, 0.717) is 28.9 Å². The van der Waals surface area contributed by atoms with Crippen LogP contribution in [0, 0.1) is 20.8 Å². The van der Waals surface area contributed by atoms with Gasteiger partial charge in [0, 0.05) is 33.2 Å². The van der Waals surface area contributed by atoms with Crippen molar-refractivity contribution in [3.63, 3.8) is 0 Å². The highest BCUT2D eigenvalue weighted by atomic mass is 32.2. The molecule has 0 bridgehead atoms. The number of piperazine rings is 1. The molecule has 1 aromatic rings. The Balaban J connectivity index is 1.42. The Morgan fingerprint density at radius 2 is 1.50 bits per heavy atom. The lowest BCUT2D eigenvalue weighted by Gasteiger charge is -2.36. The minimum absolute atomic E-state index is 0.173. The lowest BCUT2D eigenvalue weighted by atomic mass is 9.81. The van der Waals surface area contributed by atoms with Crippen molar-refractivity contribution in [1.82, 2.24) is 19.0 Å². The number of carbonyl (C=O) groups is 3. The number of benzene rings is 1. The van der Waals surface area contributed by atoms with E-state index < -0.39 is 21.6 Å². The van der Waals surface area contributed by atoms with Crippen LogP contribution in [0.15, 0.2) is 17.0 Å². The first kappa shape index (κ1) is 24.7. The normalized spacial score (nSPS) is 21.6. The molecule has 1 spiro atoms. The van der Waals surface area contributed by atoms with Crippen LogP contribution < -0.4 is 0 Å². The quantitative estimate of drug-likeness (QED) is 0.602. The highest BCUT2D eigenvalue weighted by Crippen LogP contribution is 2.39. The monoisotopic (exact) mass is 490 g/mol. The van der Waals surface area contributed by atoms with Gasteiger partial charge >= 0.3 is 6.03 Å². The standard InChI is InChI=1S/C24H34N4O5S/c1-17-14-18(2)21(19(3)15-17)34(32,33)27-12-10-26(11-13-27)20(29)16-28-22(30)24(25(4)23(28)31)8-6-5-7-9-24/h14-15H,5-13,16H2,1-4H3. The van der Waals surface area contributed by atoms with Crippen molar-refractivity contribution in [3.05, 3.63) is 28.8 Å². The Hall–Kier alpha value is -2.46. The molecule has 186 valence electrons. The van der Waals surface area contributed by atoms with Crippen molar-refractivity contribution < 1.29 is 22.8 Å². The van der Waals surface area contributed by atoms with E-state index in [2.05, 4.69) is 0 Å².